The van der Waals surface area contributed by atoms with Crippen LogP contribution >= 0.6 is 0 Å². The van der Waals surface area contributed by atoms with Crippen molar-refractivity contribution in [1.29, 1.82) is 0 Å². The van der Waals surface area contributed by atoms with E-state index in [2.05, 4.69) is 10.2 Å². The standard InChI is InChI=1S/C32H38N4O4/c1-6-36(7-2)21-29(37)35(5)24-17-15-23(16-18-24)33-31(22-13-11-10-12-14-22)30-25-19-27(39-8-3)28(40-9-4)20-26(25)34-32(30)38/h10-20,30H,6-9,21H2,1-5H3,(H,34,38). The molecular weight excluding hydrogens is 504 g/mol. The van der Waals surface area contributed by atoms with Crippen LogP contribution < -0.4 is 19.7 Å². The molecule has 3 aromatic carbocycles. The van der Waals surface area contributed by atoms with Crippen molar-refractivity contribution in [3.63, 3.8) is 0 Å². The van der Waals surface area contributed by atoms with Gasteiger partial charge in [-0.2, -0.15) is 0 Å². The zero-order valence-electron chi connectivity index (χ0n) is 23.9. The van der Waals surface area contributed by atoms with Crippen LogP contribution in [-0.2, 0) is 9.59 Å². The van der Waals surface area contributed by atoms with Gasteiger partial charge in [0.25, 0.3) is 0 Å². The fraction of sp³-hybridized carbons (Fsp3) is 0.344. The molecule has 0 fully saturated rings. The van der Waals surface area contributed by atoms with Gasteiger partial charge in [0.05, 0.1) is 31.2 Å². The highest BCUT2D eigenvalue weighted by molar-refractivity contribution is 6.24. The molecule has 0 spiro atoms. The van der Waals surface area contributed by atoms with Crippen molar-refractivity contribution in [2.24, 2.45) is 4.99 Å². The zero-order chi connectivity index (χ0) is 28.6. The van der Waals surface area contributed by atoms with Gasteiger partial charge < -0.3 is 19.7 Å². The molecule has 8 heteroatoms. The van der Waals surface area contributed by atoms with Crippen LogP contribution in [0.3, 0.4) is 0 Å². The van der Waals surface area contributed by atoms with Gasteiger partial charge in [-0.25, -0.2) is 0 Å². The van der Waals surface area contributed by atoms with Gasteiger partial charge in [0.2, 0.25) is 11.8 Å². The van der Waals surface area contributed by atoms with Crippen molar-refractivity contribution in [1.82, 2.24) is 4.90 Å². The van der Waals surface area contributed by atoms with E-state index >= 15 is 0 Å². The van der Waals surface area contributed by atoms with E-state index in [4.69, 9.17) is 14.5 Å². The van der Waals surface area contributed by atoms with Crippen molar-refractivity contribution >= 4 is 34.6 Å². The van der Waals surface area contributed by atoms with E-state index in [1.54, 1.807) is 11.9 Å². The first-order valence-electron chi connectivity index (χ1n) is 13.9. The third-order valence-electron chi connectivity index (χ3n) is 7.00. The number of fused-ring (bicyclic) bond motifs is 1. The number of rotatable bonds is 12. The number of carbonyl (C=O) groups excluding carboxylic acids is 2. The Morgan fingerprint density at radius 2 is 1.52 bits per heavy atom. The number of nitrogens with one attached hydrogen (secondary N) is 1. The molecule has 0 aliphatic carbocycles. The molecule has 4 rings (SSSR count). The van der Waals surface area contributed by atoms with Gasteiger partial charge in [-0.15, -0.1) is 0 Å². The van der Waals surface area contributed by atoms with Gasteiger partial charge in [0.15, 0.2) is 11.5 Å². The van der Waals surface area contributed by atoms with E-state index in [0.717, 1.165) is 29.9 Å². The number of ether oxygens (including phenoxy) is 2. The fourth-order valence-electron chi connectivity index (χ4n) is 4.76. The minimum absolute atomic E-state index is 0.0284. The molecule has 210 valence electrons. The molecule has 3 aromatic rings. The van der Waals surface area contributed by atoms with Crippen LogP contribution in [0.25, 0.3) is 0 Å². The van der Waals surface area contributed by atoms with Crippen LogP contribution in [0.15, 0.2) is 71.7 Å². The summed E-state index contributed by atoms with van der Waals surface area (Å²) in [5.74, 6) is 0.425. The lowest BCUT2D eigenvalue weighted by atomic mass is 9.90. The summed E-state index contributed by atoms with van der Waals surface area (Å²) >= 11 is 0. The highest BCUT2D eigenvalue weighted by Crippen LogP contribution is 2.43. The van der Waals surface area contributed by atoms with Crippen LogP contribution in [0.2, 0.25) is 0 Å². The summed E-state index contributed by atoms with van der Waals surface area (Å²) in [7, 11) is 1.78. The Morgan fingerprint density at radius 3 is 2.12 bits per heavy atom. The second-order valence-electron chi connectivity index (χ2n) is 9.47. The van der Waals surface area contributed by atoms with Crippen molar-refractivity contribution in [3.05, 3.63) is 77.9 Å². The Bertz CT molecular complexity index is 1350. The molecule has 1 atom stereocenters. The minimum Gasteiger partial charge on any atom is -0.490 e. The van der Waals surface area contributed by atoms with Crippen LogP contribution in [0.1, 0.15) is 44.7 Å². The first-order chi connectivity index (χ1) is 19.4. The third kappa shape index (κ3) is 6.34. The van der Waals surface area contributed by atoms with Crippen molar-refractivity contribution in [2.75, 3.05) is 50.1 Å². The van der Waals surface area contributed by atoms with Crippen LogP contribution in [0, 0.1) is 0 Å². The lowest BCUT2D eigenvalue weighted by molar-refractivity contribution is -0.119. The van der Waals surface area contributed by atoms with E-state index in [1.807, 2.05) is 94.4 Å². The number of benzene rings is 3. The zero-order valence-corrected chi connectivity index (χ0v) is 23.9. The maximum atomic E-state index is 13.4. The lowest BCUT2D eigenvalue weighted by Crippen LogP contribution is -2.38. The highest BCUT2D eigenvalue weighted by Gasteiger charge is 2.37. The molecule has 2 amide bonds. The SMILES string of the molecule is CCOc1cc2c(cc1OCC)C(C(=Nc1ccc(N(C)C(=O)CN(CC)CC)cc1)c1ccccc1)C(=O)N2. The predicted molar refractivity (Wildman–Crippen MR) is 160 cm³/mol. The Labute approximate surface area is 236 Å². The fourth-order valence-corrected chi connectivity index (χ4v) is 4.76. The van der Waals surface area contributed by atoms with Gasteiger partial charge in [-0.1, -0.05) is 44.2 Å². The Balaban J connectivity index is 1.70. The number of amides is 2. The van der Waals surface area contributed by atoms with E-state index in [9.17, 15) is 9.59 Å². The largest absolute Gasteiger partial charge is 0.490 e. The summed E-state index contributed by atoms with van der Waals surface area (Å²) < 4.78 is 11.6. The lowest BCUT2D eigenvalue weighted by Gasteiger charge is -2.23. The Kier molecular flexibility index (Phi) is 9.56. The number of carbonyl (C=O) groups is 2. The van der Waals surface area contributed by atoms with Crippen molar-refractivity contribution in [2.45, 2.75) is 33.6 Å². The van der Waals surface area contributed by atoms with E-state index < -0.39 is 5.92 Å². The quantitative estimate of drug-likeness (QED) is 0.299. The molecule has 0 saturated carbocycles. The average molecular weight is 543 g/mol. The third-order valence-corrected chi connectivity index (χ3v) is 7.00. The topological polar surface area (TPSA) is 83.5 Å². The summed E-state index contributed by atoms with van der Waals surface area (Å²) in [6, 6.07) is 20.9. The monoisotopic (exact) mass is 542 g/mol. The van der Waals surface area contributed by atoms with Gasteiger partial charge in [-0.05, 0) is 68.4 Å². The summed E-state index contributed by atoms with van der Waals surface area (Å²) in [4.78, 5) is 34.9. The first-order valence-corrected chi connectivity index (χ1v) is 13.9. The van der Waals surface area contributed by atoms with Crippen LogP contribution in [0.4, 0.5) is 17.1 Å². The number of anilines is 2. The summed E-state index contributed by atoms with van der Waals surface area (Å²) in [5, 5.41) is 3.01. The number of likely N-dealkylation sites (N-methyl/N-ethyl adjacent to an activating group) is 2. The molecule has 0 saturated heterocycles. The first kappa shape index (κ1) is 28.8. The molecule has 1 N–H and O–H groups in total. The molecular formula is C32H38N4O4. The molecule has 0 bridgehead atoms. The Hall–Kier alpha value is -4.17. The maximum absolute atomic E-state index is 13.4. The van der Waals surface area contributed by atoms with Crippen LogP contribution in [0.5, 0.6) is 11.5 Å². The van der Waals surface area contributed by atoms with E-state index in [1.165, 1.54) is 0 Å². The van der Waals surface area contributed by atoms with Crippen LogP contribution in [-0.4, -0.2) is 62.3 Å². The highest BCUT2D eigenvalue weighted by atomic mass is 16.5. The molecule has 1 heterocycles. The van der Waals surface area contributed by atoms with Gasteiger partial charge >= 0.3 is 0 Å². The smallest absolute Gasteiger partial charge is 0.240 e. The van der Waals surface area contributed by atoms with Gasteiger partial charge in [0.1, 0.15) is 5.92 Å². The Morgan fingerprint density at radius 1 is 0.900 bits per heavy atom. The number of nitrogens with zero attached hydrogens (tertiary/aromatic N) is 3. The molecule has 1 aliphatic heterocycles. The maximum Gasteiger partial charge on any atom is 0.240 e. The number of hydrogen-bond acceptors (Lipinski definition) is 6. The minimum atomic E-state index is -0.634. The molecule has 40 heavy (non-hydrogen) atoms. The average Bonchev–Trinajstić information content (AvgIpc) is 3.29. The van der Waals surface area contributed by atoms with E-state index in [-0.39, 0.29) is 11.8 Å². The summed E-state index contributed by atoms with van der Waals surface area (Å²) in [6.07, 6.45) is 0. The molecule has 0 radical (unpaired) electrons. The normalized spacial score (nSPS) is 14.6. The number of hydrogen-bond donors (Lipinski definition) is 1. The molecule has 0 aromatic heterocycles. The van der Waals surface area contributed by atoms with Gasteiger partial charge in [-0.3, -0.25) is 19.5 Å². The number of aliphatic imine (C=N–C) groups is 1. The molecule has 8 nitrogen and oxygen atoms in total. The van der Waals surface area contributed by atoms with Crippen molar-refractivity contribution in [3.8, 4) is 11.5 Å². The molecule has 1 aliphatic rings. The summed E-state index contributed by atoms with van der Waals surface area (Å²) in [5.41, 5.74) is 4.42. The second kappa shape index (κ2) is 13.3. The predicted octanol–water partition coefficient (Wildman–Crippen LogP) is 5.65. The van der Waals surface area contributed by atoms with Crippen molar-refractivity contribution < 1.29 is 19.1 Å². The second-order valence-corrected chi connectivity index (χ2v) is 9.47. The van der Waals surface area contributed by atoms with E-state index in [0.29, 0.717) is 48.3 Å². The summed E-state index contributed by atoms with van der Waals surface area (Å²) in [6.45, 7) is 10.9. The van der Waals surface area contributed by atoms with Gasteiger partial charge in [0, 0.05) is 24.5 Å². The molecule has 1 unspecified atom stereocenters.